The second kappa shape index (κ2) is 9.03. The highest BCUT2D eigenvalue weighted by Gasteiger charge is 2.19. The third-order valence-corrected chi connectivity index (χ3v) is 4.70. The van der Waals surface area contributed by atoms with Gasteiger partial charge in [0.1, 0.15) is 0 Å². The maximum Gasteiger partial charge on any atom is 0.0580 e. The van der Waals surface area contributed by atoms with Gasteiger partial charge in [-0.1, -0.05) is 97.1 Å². The molecule has 0 bridgehead atoms. The molecule has 0 unspecified atom stereocenters. The summed E-state index contributed by atoms with van der Waals surface area (Å²) in [4.78, 5) is 0. The molecule has 0 saturated carbocycles. The number of nitrogens with zero attached hydrogens (tertiary/aromatic N) is 2. The van der Waals surface area contributed by atoms with Crippen LogP contribution in [0.3, 0.4) is 0 Å². The van der Waals surface area contributed by atoms with E-state index in [2.05, 4.69) is 131 Å². The number of hydrogen-bond donors (Lipinski definition) is 0. The normalized spacial score (nSPS) is 10.8. The van der Waals surface area contributed by atoms with Gasteiger partial charge < -0.3 is 0 Å². The van der Waals surface area contributed by atoms with Crippen molar-refractivity contribution >= 4 is 11.4 Å². The minimum absolute atomic E-state index is 0.819. The molecule has 0 fully saturated rings. The van der Waals surface area contributed by atoms with Gasteiger partial charge in [0.2, 0.25) is 0 Å². The van der Waals surface area contributed by atoms with Crippen molar-refractivity contribution in [3.63, 3.8) is 0 Å². The third-order valence-electron chi connectivity index (χ3n) is 4.70. The molecule has 0 heterocycles. The molecule has 0 radical (unpaired) electrons. The maximum atomic E-state index is 2.40. The van der Waals surface area contributed by atoms with Gasteiger partial charge in [-0.05, 0) is 35.4 Å². The van der Waals surface area contributed by atoms with Crippen LogP contribution in [0.5, 0.6) is 0 Å². The Morgan fingerprint density at radius 2 is 0.714 bits per heavy atom. The fourth-order valence-electron chi connectivity index (χ4n) is 3.40. The molecular formula is C26H24N2. The Hall–Kier alpha value is -3.36. The van der Waals surface area contributed by atoms with E-state index in [0.717, 1.165) is 24.5 Å². The van der Waals surface area contributed by atoms with Crippen LogP contribution in [0.15, 0.2) is 121 Å². The zero-order valence-electron chi connectivity index (χ0n) is 15.9. The van der Waals surface area contributed by atoms with Crippen LogP contribution in [-0.2, 0) is 13.1 Å². The minimum atomic E-state index is 0.819. The van der Waals surface area contributed by atoms with Crippen LogP contribution in [-0.4, -0.2) is 5.01 Å². The van der Waals surface area contributed by atoms with Crippen molar-refractivity contribution in [2.45, 2.75) is 13.1 Å². The lowest BCUT2D eigenvalue weighted by Gasteiger charge is -2.37. The van der Waals surface area contributed by atoms with Gasteiger partial charge in [-0.15, -0.1) is 0 Å². The Morgan fingerprint density at radius 1 is 0.393 bits per heavy atom. The van der Waals surface area contributed by atoms with Gasteiger partial charge in [0.15, 0.2) is 0 Å². The molecule has 0 aromatic heterocycles. The average molecular weight is 364 g/mol. The summed E-state index contributed by atoms with van der Waals surface area (Å²) in [5.41, 5.74) is 4.88. The Balaban J connectivity index is 1.76. The largest absolute Gasteiger partial charge is 0.274 e. The predicted molar refractivity (Wildman–Crippen MR) is 117 cm³/mol. The first-order valence-corrected chi connectivity index (χ1v) is 9.63. The van der Waals surface area contributed by atoms with Crippen LogP contribution in [0.1, 0.15) is 11.1 Å². The molecule has 0 atom stereocenters. The number of anilines is 2. The van der Waals surface area contributed by atoms with E-state index in [1.54, 1.807) is 0 Å². The minimum Gasteiger partial charge on any atom is -0.274 e. The molecule has 0 amide bonds. The molecule has 28 heavy (non-hydrogen) atoms. The van der Waals surface area contributed by atoms with Gasteiger partial charge >= 0.3 is 0 Å². The van der Waals surface area contributed by atoms with Crippen LogP contribution in [0.4, 0.5) is 11.4 Å². The van der Waals surface area contributed by atoms with Crippen molar-refractivity contribution in [3.05, 3.63) is 132 Å². The standard InChI is InChI=1S/C26H24N2/c1-5-13-23(14-6-1)21-27(22-24-15-7-2-8-16-24)28(25-17-9-3-10-18-25)26-19-11-4-12-20-26/h1-20H,21-22H2. The number of rotatable bonds is 7. The van der Waals surface area contributed by atoms with Gasteiger partial charge in [-0.25, -0.2) is 5.01 Å². The Morgan fingerprint density at radius 3 is 1.07 bits per heavy atom. The van der Waals surface area contributed by atoms with E-state index in [1.165, 1.54) is 11.1 Å². The van der Waals surface area contributed by atoms with E-state index in [1.807, 2.05) is 0 Å². The van der Waals surface area contributed by atoms with Gasteiger partial charge in [-0.2, -0.15) is 0 Å². The summed E-state index contributed by atoms with van der Waals surface area (Å²) in [6.45, 7) is 1.64. The highest BCUT2D eigenvalue weighted by molar-refractivity contribution is 5.61. The van der Waals surface area contributed by atoms with Crippen LogP contribution < -0.4 is 5.01 Å². The third kappa shape index (κ3) is 4.48. The quantitative estimate of drug-likeness (QED) is 0.348. The van der Waals surface area contributed by atoms with E-state index in [0.29, 0.717) is 0 Å². The molecule has 4 rings (SSSR count). The highest BCUT2D eigenvalue weighted by Crippen LogP contribution is 2.29. The monoisotopic (exact) mass is 364 g/mol. The first-order valence-electron chi connectivity index (χ1n) is 9.63. The lowest BCUT2D eigenvalue weighted by molar-refractivity contribution is 0.260. The van der Waals surface area contributed by atoms with Crippen molar-refractivity contribution < 1.29 is 0 Å². The first-order chi connectivity index (χ1) is 13.9. The number of benzene rings is 4. The molecule has 0 saturated heterocycles. The Bertz CT molecular complexity index is 873. The molecule has 0 aliphatic heterocycles. The number of para-hydroxylation sites is 2. The molecule has 0 aliphatic carbocycles. The average Bonchev–Trinajstić information content (AvgIpc) is 2.77. The molecule has 2 heteroatoms. The van der Waals surface area contributed by atoms with E-state index < -0.39 is 0 Å². The summed E-state index contributed by atoms with van der Waals surface area (Å²) in [6, 6.07) is 42.4. The predicted octanol–water partition coefficient (Wildman–Crippen LogP) is 6.44. The van der Waals surface area contributed by atoms with Gasteiger partial charge in [0.05, 0.1) is 11.4 Å². The van der Waals surface area contributed by atoms with Gasteiger partial charge in [0.25, 0.3) is 0 Å². The first kappa shape index (κ1) is 18.0. The fraction of sp³-hybridized carbons (Fsp3) is 0.0769. The summed E-state index contributed by atoms with van der Waals surface area (Å²) >= 11 is 0. The molecule has 4 aromatic carbocycles. The second-order valence-electron chi connectivity index (χ2n) is 6.78. The van der Waals surface area contributed by atoms with E-state index in [4.69, 9.17) is 0 Å². The Labute approximate surface area is 167 Å². The van der Waals surface area contributed by atoms with Crippen molar-refractivity contribution in [1.82, 2.24) is 5.01 Å². The fourth-order valence-corrected chi connectivity index (χ4v) is 3.40. The van der Waals surface area contributed by atoms with Crippen molar-refractivity contribution in [2.75, 3.05) is 5.01 Å². The van der Waals surface area contributed by atoms with Crippen molar-refractivity contribution in [2.24, 2.45) is 0 Å². The van der Waals surface area contributed by atoms with Gasteiger partial charge in [0, 0.05) is 13.1 Å². The molecule has 0 aliphatic rings. The molecule has 0 N–H and O–H groups in total. The second-order valence-corrected chi connectivity index (χ2v) is 6.78. The van der Waals surface area contributed by atoms with Crippen LogP contribution in [0.2, 0.25) is 0 Å². The summed E-state index contributed by atoms with van der Waals surface area (Å²) in [7, 11) is 0. The topological polar surface area (TPSA) is 6.48 Å². The van der Waals surface area contributed by atoms with Crippen molar-refractivity contribution in [3.8, 4) is 0 Å². The lowest BCUT2D eigenvalue weighted by atomic mass is 10.2. The summed E-state index contributed by atoms with van der Waals surface area (Å²) in [5, 5.41) is 4.72. The van der Waals surface area contributed by atoms with E-state index >= 15 is 0 Å². The lowest BCUT2D eigenvalue weighted by Crippen LogP contribution is -2.38. The summed E-state index contributed by atoms with van der Waals surface area (Å²) < 4.78 is 0. The zero-order valence-corrected chi connectivity index (χ0v) is 15.9. The molecule has 2 nitrogen and oxygen atoms in total. The molecule has 4 aromatic rings. The highest BCUT2D eigenvalue weighted by atomic mass is 15.6. The van der Waals surface area contributed by atoms with Crippen LogP contribution in [0.25, 0.3) is 0 Å². The SMILES string of the molecule is c1ccc(CN(Cc2ccccc2)N(c2ccccc2)c2ccccc2)cc1. The van der Waals surface area contributed by atoms with E-state index in [-0.39, 0.29) is 0 Å². The number of hydrogen-bond acceptors (Lipinski definition) is 2. The van der Waals surface area contributed by atoms with Gasteiger partial charge in [-0.3, -0.25) is 5.01 Å². The summed E-state index contributed by atoms with van der Waals surface area (Å²) in [6.07, 6.45) is 0. The number of hydrazine groups is 1. The summed E-state index contributed by atoms with van der Waals surface area (Å²) in [5.74, 6) is 0. The molecule has 0 spiro atoms. The Kier molecular flexibility index (Phi) is 5.81. The van der Waals surface area contributed by atoms with Crippen LogP contribution in [0, 0.1) is 0 Å². The molecule has 138 valence electrons. The smallest absolute Gasteiger partial charge is 0.0580 e. The maximum absolute atomic E-state index is 2.40. The zero-order chi connectivity index (χ0) is 19.0. The van der Waals surface area contributed by atoms with E-state index in [9.17, 15) is 0 Å². The van der Waals surface area contributed by atoms with Crippen LogP contribution >= 0.6 is 0 Å². The van der Waals surface area contributed by atoms with Crippen molar-refractivity contribution in [1.29, 1.82) is 0 Å². The molecular weight excluding hydrogens is 340 g/mol.